The molecule has 0 saturated heterocycles. The van der Waals surface area contributed by atoms with Crippen LogP contribution in [0, 0.1) is 6.92 Å². The van der Waals surface area contributed by atoms with Crippen molar-refractivity contribution in [3.8, 4) is 0 Å². The number of nitrogens with zero attached hydrogens (tertiary/aromatic N) is 2. The number of hydrogen-bond donors (Lipinski definition) is 1. The molecule has 1 N–H and O–H groups in total. The first-order valence-electron chi connectivity index (χ1n) is 6.63. The maximum absolute atomic E-state index is 6.21. The second-order valence-electron chi connectivity index (χ2n) is 4.99. The number of aromatic nitrogens is 2. The molecular weight excluding hydrogens is 293 g/mol. The van der Waals surface area contributed by atoms with Gasteiger partial charge in [-0.1, -0.05) is 29.3 Å². The molecule has 2 aromatic rings. The van der Waals surface area contributed by atoms with Crippen LogP contribution in [0.4, 0.5) is 0 Å². The van der Waals surface area contributed by atoms with E-state index in [2.05, 4.69) is 22.2 Å². The van der Waals surface area contributed by atoms with Crippen molar-refractivity contribution in [3.05, 3.63) is 56.6 Å². The quantitative estimate of drug-likeness (QED) is 0.925. The van der Waals surface area contributed by atoms with Crippen molar-refractivity contribution in [2.24, 2.45) is 0 Å². The predicted molar refractivity (Wildman–Crippen MR) is 81.4 cm³/mol. The molecule has 5 heteroatoms. The van der Waals surface area contributed by atoms with Gasteiger partial charge < -0.3 is 5.32 Å². The number of hydrogen-bond acceptors (Lipinski definition) is 3. The number of fused-ring (bicyclic) bond motifs is 1. The molecule has 0 radical (unpaired) electrons. The molecule has 1 aliphatic heterocycles. The van der Waals surface area contributed by atoms with E-state index in [-0.39, 0.29) is 0 Å². The summed E-state index contributed by atoms with van der Waals surface area (Å²) in [5, 5.41) is 4.65. The van der Waals surface area contributed by atoms with Crippen LogP contribution in [0.15, 0.2) is 18.2 Å². The normalized spacial score (nSPS) is 14.2. The van der Waals surface area contributed by atoms with Gasteiger partial charge in [-0.3, -0.25) is 0 Å². The largest absolute Gasteiger partial charge is 0.311 e. The summed E-state index contributed by atoms with van der Waals surface area (Å²) in [6, 6.07) is 5.53. The van der Waals surface area contributed by atoms with Gasteiger partial charge in [-0.15, -0.1) is 0 Å². The number of rotatable bonds is 2. The van der Waals surface area contributed by atoms with Gasteiger partial charge in [0.05, 0.1) is 5.69 Å². The molecule has 0 amide bonds. The van der Waals surface area contributed by atoms with Crippen LogP contribution in [0.2, 0.25) is 10.0 Å². The fraction of sp³-hybridized carbons (Fsp3) is 0.333. The van der Waals surface area contributed by atoms with Crippen molar-refractivity contribution in [2.45, 2.75) is 26.3 Å². The number of benzene rings is 1. The monoisotopic (exact) mass is 307 g/mol. The van der Waals surface area contributed by atoms with Gasteiger partial charge in [-0.25, -0.2) is 9.97 Å². The second-order valence-corrected chi connectivity index (χ2v) is 5.83. The summed E-state index contributed by atoms with van der Waals surface area (Å²) >= 11 is 12.1. The maximum atomic E-state index is 6.21. The Kier molecular flexibility index (Phi) is 3.92. The molecule has 2 heterocycles. The minimum atomic E-state index is 0.629. The van der Waals surface area contributed by atoms with Crippen molar-refractivity contribution >= 4 is 23.2 Å². The highest BCUT2D eigenvalue weighted by atomic mass is 35.5. The minimum Gasteiger partial charge on any atom is -0.311 e. The van der Waals surface area contributed by atoms with Crippen LogP contribution in [0.5, 0.6) is 0 Å². The first-order chi connectivity index (χ1) is 9.63. The number of halogens is 2. The Labute approximate surface area is 128 Å². The van der Waals surface area contributed by atoms with Crippen LogP contribution in [-0.4, -0.2) is 16.5 Å². The Hall–Kier alpha value is -1.16. The highest BCUT2D eigenvalue weighted by Crippen LogP contribution is 2.23. The third kappa shape index (κ3) is 2.80. The van der Waals surface area contributed by atoms with Gasteiger partial charge in [0.1, 0.15) is 5.82 Å². The molecule has 20 heavy (non-hydrogen) atoms. The van der Waals surface area contributed by atoms with Crippen molar-refractivity contribution in [1.29, 1.82) is 0 Å². The fourth-order valence-corrected chi connectivity index (χ4v) is 3.00. The summed E-state index contributed by atoms with van der Waals surface area (Å²) in [6.45, 7) is 3.87. The van der Waals surface area contributed by atoms with E-state index in [1.54, 1.807) is 6.07 Å². The molecule has 0 bridgehead atoms. The lowest BCUT2D eigenvalue weighted by Crippen LogP contribution is -2.26. The summed E-state index contributed by atoms with van der Waals surface area (Å²) in [5.41, 5.74) is 4.48. The lowest BCUT2D eigenvalue weighted by atomic mass is 10.0. The summed E-state index contributed by atoms with van der Waals surface area (Å²) in [7, 11) is 0. The zero-order chi connectivity index (χ0) is 14.1. The van der Waals surface area contributed by atoms with E-state index in [0.717, 1.165) is 42.3 Å². The van der Waals surface area contributed by atoms with Crippen LogP contribution in [0.3, 0.4) is 0 Å². The molecule has 3 rings (SSSR count). The molecule has 0 unspecified atom stereocenters. The van der Waals surface area contributed by atoms with Crippen LogP contribution < -0.4 is 5.32 Å². The van der Waals surface area contributed by atoms with E-state index in [4.69, 9.17) is 23.2 Å². The molecule has 0 spiro atoms. The minimum absolute atomic E-state index is 0.629. The predicted octanol–water partition coefficient (Wildman–Crippen LogP) is 3.33. The Balaban J connectivity index is 1.93. The number of aryl methyl sites for hydroxylation is 1. The van der Waals surface area contributed by atoms with Gasteiger partial charge in [-0.05, 0) is 43.1 Å². The Morgan fingerprint density at radius 2 is 2.10 bits per heavy atom. The topological polar surface area (TPSA) is 37.8 Å². The standard InChI is InChI=1S/C15H15Cl2N3/c1-9-12-4-5-18-8-14(12)20-15(19-9)6-10-2-3-11(16)7-13(10)17/h2-3,7,18H,4-6,8H2,1H3. The van der Waals surface area contributed by atoms with Crippen LogP contribution in [-0.2, 0) is 19.4 Å². The van der Waals surface area contributed by atoms with Gasteiger partial charge in [-0.2, -0.15) is 0 Å². The SMILES string of the molecule is Cc1nc(Cc2ccc(Cl)cc2Cl)nc2c1CCNC2. The van der Waals surface area contributed by atoms with Crippen molar-refractivity contribution in [3.63, 3.8) is 0 Å². The first kappa shape index (κ1) is 13.8. The van der Waals surface area contributed by atoms with Gasteiger partial charge in [0.15, 0.2) is 0 Å². The zero-order valence-electron chi connectivity index (χ0n) is 11.2. The Morgan fingerprint density at radius 1 is 1.25 bits per heavy atom. The van der Waals surface area contributed by atoms with E-state index in [1.807, 2.05) is 12.1 Å². The van der Waals surface area contributed by atoms with Gasteiger partial charge in [0.2, 0.25) is 0 Å². The highest BCUT2D eigenvalue weighted by Gasteiger charge is 2.15. The van der Waals surface area contributed by atoms with Crippen LogP contribution >= 0.6 is 23.2 Å². The Bertz CT molecular complexity index is 656. The molecular formula is C15H15Cl2N3. The van der Waals surface area contributed by atoms with Crippen LogP contribution in [0.25, 0.3) is 0 Å². The first-order valence-corrected chi connectivity index (χ1v) is 7.39. The summed E-state index contributed by atoms with van der Waals surface area (Å²) < 4.78 is 0. The lowest BCUT2D eigenvalue weighted by Gasteiger charge is -2.18. The molecule has 1 aromatic carbocycles. The average Bonchev–Trinajstić information content (AvgIpc) is 2.42. The smallest absolute Gasteiger partial charge is 0.133 e. The molecule has 1 aromatic heterocycles. The van der Waals surface area contributed by atoms with Gasteiger partial charge in [0, 0.05) is 28.7 Å². The molecule has 0 atom stereocenters. The van der Waals surface area contributed by atoms with Gasteiger partial charge in [0.25, 0.3) is 0 Å². The summed E-state index contributed by atoms with van der Waals surface area (Å²) in [4.78, 5) is 9.28. The third-order valence-electron chi connectivity index (χ3n) is 3.55. The maximum Gasteiger partial charge on any atom is 0.133 e. The molecule has 0 fully saturated rings. The number of nitrogens with one attached hydrogen (secondary N) is 1. The average molecular weight is 308 g/mol. The summed E-state index contributed by atoms with van der Waals surface area (Å²) in [6.07, 6.45) is 1.63. The van der Waals surface area contributed by atoms with Crippen LogP contribution in [0.1, 0.15) is 28.3 Å². The molecule has 0 saturated carbocycles. The van der Waals surface area contributed by atoms with E-state index in [9.17, 15) is 0 Å². The third-order valence-corrected chi connectivity index (χ3v) is 4.14. The van der Waals surface area contributed by atoms with Crippen molar-refractivity contribution in [2.75, 3.05) is 6.54 Å². The van der Waals surface area contributed by atoms with Crippen molar-refractivity contribution in [1.82, 2.24) is 15.3 Å². The Morgan fingerprint density at radius 3 is 2.90 bits per heavy atom. The summed E-state index contributed by atoms with van der Waals surface area (Å²) in [5.74, 6) is 0.814. The van der Waals surface area contributed by atoms with E-state index >= 15 is 0 Å². The molecule has 0 aliphatic carbocycles. The molecule has 104 valence electrons. The van der Waals surface area contributed by atoms with Gasteiger partial charge >= 0.3 is 0 Å². The van der Waals surface area contributed by atoms with E-state index in [1.165, 1.54) is 5.56 Å². The zero-order valence-corrected chi connectivity index (χ0v) is 12.7. The van der Waals surface area contributed by atoms with E-state index < -0.39 is 0 Å². The highest BCUT2D eigenvalue weighted by molar-refractivity contribution is 6.35. The van der Waals surface area contributed by atoms with E-state index in [0.29, 0.717) is 16.5 Å². The lowest BCUT2D eigenvalue weighted by molar-refractivity contribution is 0.613. The second kappa shape index (κ2) is 5.68. The fourth-order valence-electron chi connectivity index (χ4n) is 2.52. The van der Waals surface area contributed by atoms with Crippen molar-refractivity contribution < 1.29 is 0 Å². The molecule has 1 aliphatic rings. The molecule has 3 nitrogen and oxygen atoms in total.